The van der Waals surface area contributed by atoms with Crippen molar-refractivity contribution < 1.29 is 9.53 Å². The van der Waals surface area contributed by atoms with Crippen LogP contribution in [0.4, 0.5) is 0 Å². The molecule has 3 aromatic rings. The first-order valence-corrected chi connectivity index (χ1v) is 9.97. The van der Waals surface area contributed by atoms with Gasteiger partial charge in [0.05, 0.1) is 18.0 Å². The van der Waals surface area contributed by atoms with E-state index in [9.17, 15) is 4.79 Å². The van der Waals surface area contributed by atoms with Crippen molar-refractivity contribution in [3.8, 4) is 11.4 Å². The van der Waals surface area contributed by atoms with E-state index in [1.54, 1.807) is 4.68 Å². The maximum Gasteiger partial charge on any atom is 0.230 e. The first kappa shape index (κ1) is 19.9. The van der Waals surface area contributed by atoms with Crippen LogP contribution in [0, 0.1) is 20.8 Å². The van der Waals surface area contributed by atoms with E-state index in [1.165, 1.54) is 17.3 Å². The molecule has 0 radical (unpaired) electrons. The highest BCUT2D eigenvalue weighted by Crippen LogP contribution is 2.20. The minimum atomic E-state index is -0.0893. The number of carbonyl (C=O) groups excluding carboxylic acids is 1. The molecule has 146 valence electrons. The zero-order chi connectivity index (χ0) is 19.9. The Morgan fingerprint density at radius 1 is 1.14 bits per heavy atom. The van der Waals surface area contributed by atoms with Gasteiger partial charge in [0.15, 0.2) is 0 Å². The van der Waals surface area contributed by atoms with Gasteiger partial charge in [-0.3, -0.25) is 4.79 Å². The summed E-state index contributed by atoms with van der Waals surface area (Å²) in [5.74, 6) is 0.982. The van der Waals surface area contributed by atoms with Gasteiger partial charge in [0, 0.05) is 0 Å². The number of para-hydroxylation sites is 1. The summed E-state index contributed by atoms with van der Waals surface area (Å²) in [6, 6.07) is 13.9. The summed E-state index contributed by atoms with van der Waals surface area (Å²) >= 11 is 1.30. The van der Waals surface area contributed by atoms with Crippen molar-refractivity contribution in [1.29, 1.82) is 0 Å². The molecule has 28 heavy (non-hydrogen) atoms. The zero-order valence-electron chi connectivity index (χ0n) is 16.2. The third-order valence-corrected chi connectivity index (χ3v) is 5.05. The van der Waals surface area contributed by atoms with E-state index < -0.39 is 0 Å². The molecule has 1 aromatic heterocycles. The number of aryl methyl sites for hydroxylation is 3. The molecule has 0 saturated heterocycles. The van der Waals surface area contributed by atoms with Gasteiger partial charge in [0.1, 0.15) is 12.4 Å². The largest absolute Gasteiger partial charge is 0.491 e. The van der Waals surface area contributed by atoms with Crippen molar-refractivity contribution in [3.05, 3.63) is 59.2 Å². The molecular formula is C20H23N5O2S. The Morgan fingerprint density at radius 2 is 1.96 bits per heavy atom. The maximum atomic E-state index is 12.1. The van der Waals surface area contributed by atoms with Crippen LogP contribution in [-0.2, 0) is 4.79 Å². The topological polar surface area (TPSA) is 81.9 Å². The molecule has 0 aliphatic rings. The Hall–Kier alpha value is -2.87. The van der Waals surface area contributed by atoms with Crippen molar-refractivity contribution in [2.24, 2.45) is 0 Å². The summed E-state index contributed by atoms with van der Waals surface area (Å²) in [5, 5.41) is 15.2. The highest BCUT2D eigenvalue weighted by Gasteiger charge is 2.12. The maximum absolute atomic E-state index is 12.1. The number of tetrazole rings is 1. The van der Waals surface area contributed by atoms with Crippen molar-refractivity contribution in [2.45, 2.75) is 25.9 Å². The predicted molar refractivity (Wildman–Crippen MR) is 109 cm³/mol. The van der Waals surface area contributed by atoms with E-state index in [2.05, 4.69) is 26.9 Å². The average molecular weight is 398 g/mol. The van der Waals surface area contributed by atoms with Crippen molar-refractivity contribution in [2.75, 3.05) is 18.9 Å². The molecule has 0 aliphatic heterocycles. The van der Waals surface area contributed by atoms with Crippen LogP contribution < -0.4 is 10.1 Å². The number of aromatic nitrogens is 4. The molecule has 1 N–H and O–H groups in total. The molecule has 0 spiro atoms. The minimum absolute atomic E-state index is 0.0893. The van der Waals surface area contributed by atoms with E-state index in [4.69, 9.17) is 4.74 Å². The summed E-state index contributed by atoms with van der Waals surface area (Å²) in [6.45, 7) is 6.91. The SMILES string of the molecule is Cc1ccc(OCCNC(=O)CSc2nnnn2-c2ccccc2C)c(C)c1. The van der Waals surface area contributed by atoms with Crippen molar-refractivity contribution >= 4 is 17.7 Å². The molecule has 1 amide bonds. The fourth-order valence-electron chi connectivity index (χ4n) is 2.72. The van der Waals surface area contributed by atoms with E-state index >= 15 is 0 Å². The Labute approximate surface area is 168 Å². The van der Waals surface area contributed by atoms with Crippen LogP contribution in [0.25, 0.3) is 5.69 Å². The predicted octanol–water partition coefficient (Wildman–Crippen LogP) is 2.87. The van der Waals surface area contributed by atoms with Gasteiger partial charge in [-0.2, -0.15) is 4.68 Å². The molecule has 0 aliphatic carbocycles. The molecule has 0 unspecified atom stereocenters. The van der Waals surface area contributed by atoms with Crippen molar-refractivity contribution in [1.82, 2.24) is 25.5 Å². The minimum Gasteiger partial charge on any atom is -0.491 e. The molecule has 7 nitrogen and oxygen atoms in total. The summed E-state index contributed by atoms with van der Waals surface area (Å²) in [5.41, 5.74) is 4.25. The number of thioether (sulfide) groups is 1. The van der Waals surface area contributed by atoms with Crippen LogP contribution in [0.5, 0.6) is 5.75 Å². The van der Waals surface area contributed by atoms with E-state index in [0.717, 1.165) is 22.6 Å². The summed E-state index contributed by atoms with van der Waals surface area (Å²) in [4.78, 5) is 12.1. The van der Waals surface area contributed by atoms with Crippen LogP contribution in [0.2, 0.25) is 0 Å². The third-order valence-electron chi connectivity index (χ3n) is 4.13. The van der Waals surface area contributed by atoms with Gasteiger partial charge in [-0.15, -0.1) is 5.10 Å². The highest BCUT2D eigenvalue weighted by atomic mass is 32.2. The van der Waals surface area contributed by atoms with Gasteiger partial charge in [-0.1, -0.05) is 47.7 Å². The molecular weight excluding hydrogens is 374 g/mol. The lowest BCUT2D eigenvalue weighted by Gasteiger charge is -2.10. The second-order valence-corrected chi connectivity index (χ2v) is 7.36. The van der Waals surface area contributed by atoms with Gasteiger partial charge >= 0.3 is 0 Å². The smallest absolute Gasteiger partial charge is 0.230 e. The van der Waals surface area contributed by atoms with Gasteiger partial charge in [-0.05, 0) is 54.5 Å². The van der Waals surface area contributed by atoms with Gasteiger partial charge in [-0.25, -0.2) is 0 Å². The molecule has 0 saturated carbocycles. The standard InChI is InChI=1S/C20H23N5O2S/c1-14-8-9-18(16(3)12-14)27-11-10-21-19(26)13-28-20-22-23-24-25(20)17-7-5-4-6-15(17)2/h4-9,12H,10-11,13H2,1-3H3,(H,21,26). The molecule has 1 heterocycles. The lowest BCUT2D eigenvalue weighted by molar-refractivity contribution is -0.118. The summed E-state index contributed by atoms with van der Waals surface area (Å²) in [7, 11) is 0. The summed E-state index contributed by atoms with van der Waals surface area (Å²) in [6.07, 6.45) is 0. The van der Waals surface area contributed by atoms with E-state index in [0.29, 0.717) is 18.3 Å². The second kappa shape index (κ2) is 9.36. The Balaban J connectivity index is 1.45. The molecule has 0 atom stereocenters. The quantitative estimate of drug-likeness (QED) is 0.465. The van der Waals surface area contributed by atoms with Crippen LogP contribution in [0.15, 0.2) is 47.6 Å². The lowest BCUT2D eigenvalue weighted by atomic mass is 10.1. The number of rotatable bonds is 8. The lowest BCUT2D eigenvalue weighted by Crippen LogP contribution is -2.29. The number of hydrogen-bond acceptors (Lipinski definition) is 6. The molecule has 2 aromatic carbocycles. The molecule has 0 fully saturated rings. The normalized spacial score (nSPS) is 10.7. The number of nitrogens with zero attached hydrogens (tertiary/aromatic N) is 4. The highest BCUT2D eigenvalue weighted by molar-refractivity contribution is 7.99. The second-order valence-electron chi connectivity index (χ2n) is 6.42. The number of ether oxygens (including phenoxy) is 1. The number of nitrogens with one attached hydrogen (secondary N) is 1. The number of carbonyl (C=O) groups is 1. The zero-order valence-corrected chi connectivity index (χ0v) is 17.0. The van der Waals surface area contributed by atoms with E-state index in [1.807, 2.05) is 57.2 Å². The van der Waals surface area contributed by atoms with E-state index in [-0.39, 0.29) is 11.7 Å². The van der Waals surface area contributed by atoms with Gasteiger partial charge < -0.3 is 10.1 Å². The van der Waals surface area contributed by atoms with Crippen LogP contribution in [0.1, 0.15) is 16.7 Å². The number of hydrogen-bond donors (Lipinski definition) is 1. The fourth-order valence-corrected chi connectivity index (χ4v) is 3.43. The third kappa shape index (κ3) is 5.10. The Bertz CT molecular complexity index is 957. The number of amides is 1. The van der Waals surface area contributed by atoms with Gasteiger partial charge in [0.2, 0.25) is 11.1 Å². The van der Waals surface area contributed by atoms with Gasteiger partial charge in [0.25, 0.3) is 0 Å². The Kier molecular flexibility index (Phi) is 6.65. The monoisotopic (exact) mass is 397 g/mol. The Morgan fingerprint density at radius 3 is 2.75 bits per heavy atom. The number of benzene rings is 2. The van der Waals surface area contributed by atoms with Crippen LogP contribution in [-0.4, -0.2) is 45.0 Å². The van der Waals surface area contributed by atoms with Crippen LogP contribution >= 0.6 is 11.8 Å². The van der Waals surface area contributed by atoms with Crippen LogP contribution in [0.3, 0.4) is 0 Å². The molecule has 3 rings (SSSR count). The molecule has 0 bridgehead atoms. The fraction of sp³-hybridized carbons (Fsp3) is 0.300. The first-order chi connectivity index (χ1) is 13.5. The average Bonchev–Trinajstić information content (AvgIpc) is 3.13. The first-order valence-electron chi connectivity index (χ1n) is 8.98. The van der Waals surface area contributed by atoms with Crippen molar-refractivity contribution in [3.63, 3.8) is 0 Å². The molecule has 8 heteroatoms. The summed E-state index contributed by atoms with van der Waals surface area (Å²) < 4.78 is 7.37.